The molecule has 0 spiro atoms. The van der Waals surface area contributed by atoms with E-state index in [1.54, 1.807) is 32.2 Å². The summed E-state index contributed by atoms with van der Waals surface area (Å²) < 4.78 is 27.1. The predicted octanol–water partition coefficient (Wildman–Crippen LogP) is 3.30. The van der Waals surface area contributed by atoms with E-state index in [4.69, 9.17) is 11.6 Å². The van der Waals surface area contributed by atoms with Crippen LogP contribution in [0.15, 0.2) is 41.6 Å². The van der Waals surface area contributed by atoms with Gasteiger partial charge in [-0.1, -0.05) is 12.6 Å². The molecule has 2 rings (SSSR count). The first kappa shape index (κ1) is 17.2. The molecular formula is C15H17ClN4O2S. The van der Waals surface area contributed by atoms with Crippen LogP contribution in [0.3, 0.4) is 0 Å². The molecule has 0 atom stereocenters. The lowest BCUT2D eigenvalue weighted by atomic mass is 10.2. The van der Waals surface area contributed by atoms with E-state index in [0.29, 0.717) is 22.8 Å². The molecule has 1 heterocycles. The Labute approximate surface area is 140 Å². The summed E-state index contributed by atoms with van der Waals surface area (Å²) in [4.78, 5) is 8.15. The van der Waals surface area contributed by atoms with Gasteiger partial charge >= 0.3 is 0 Å². The summed E-state index contributed by atoms with van der Waals surface area (Å²) in [7, 11) is -3.67. The van der Waals surface area contributed by atoms with E-state index in [9.17, 15) is 8.42 Å². The summed E-state index contributed by atoms with van der Waals surface area (Å²) in [5.74, 6) is 0.519. The highest BCUT2D eigenvalue weighted by Crippen LogP contribution is 2.24. The maximum atomic E-state index is 12.3. The number of hydrogen-bond donors (Lipinski definition) is 2. The molecule has 2 aromatic rings. The van der Waals surface area contributed by atoms with Crippen molar-refractivity contribution in [3.63, 3.8) is 0 Å². The average molecular weight is 353 g/mol. The van der Waals surface area contributed by atoms with Gasteiger partial charge in [0, 0.05) is 23.1 Å². The third-order valence-electron chi connectivity index (χ3n) is 2.99. The Morgan fingerprint density at radius 2 is 1.96 bits per heavy atom. The molecule has 0 amide bonds. The molecule has 6 nitrogen and oxygen atoms in total. The van der Waals surface area contributed by atoms with Crippen molar-refractivity contribution in [2.45, 2.75) is 25.7 Å². The molecule has 0 bridgehead atoms. The quantitative estimate of drug-likeness (QED) is 0.806. The van der Waals surface area contributed by atoms with E-state index in [2.05, 4.69) is 26.6 Å². The predicted molar refractivity (Wildman–Crippen MR) is 91.4 cm³/mol. The van der Waals surface area contributed by atoms with Crippen molar-refractivity contribution in [3.05, 3.63) is 53.1 Å². The minimum absolute atomic E-state index is 0.113. The summed E-state index contributed by atoms with van der Waals surface area (Å²) in [5, 5.41) is 3.17. The zero-order valence-electron chi connectivity index (χ0n) is 13.0. The van der Waals surface area contributed by atoms with Gasteiger partial charge in [-0.05, 0) is 50.1 Å². The van der Waals surface area contributed by atoms with Crippen LogP contribution >= 0.6 is 11.6 Å². The number of hydrogen-bond acceptors (Lipinski definition) is 5. The van der Waals surface area contributed by atoms with Gasteiger partial charge in [0.2, 0.25) is 5.28 Å². The zero-order valence-corrected chi connectivity index (χ0v) is 14.6. The van der Waals surface area contributed by atoms with Gasteiger partial charge in [0.25, 0.3) is 10.0 Å². The highest BCUT2D eigenvalue weighted by Gasteiger charge is 2.17. The van der Waals surface area contributed by atoms with Gasteiger partial charge in [0.1, 0.15) is 5.82 Å². The lowest BCUT2D eigenvalue weighted by molar-refractivity contribution is 0.588. The number of anilines is 2. The number of halogens is 1. The Morgan fingerprint density at radius 1 is 1.26 bits per heavy atom. The Balaban J connectivity index is 2.41. The highest BCUT2D eigenvalue weighted by atomic mass is 35.5. The number of allylic oxidation sites excluding steroid dienone is 1. The lowest BCUT2D eigenvalue weighted by Gasteiger charge is -2.13. The second kappa shape index (κ2) is 6.55. The third-order valence-corrected chi connectivity index (χ3v) is 4.81. The Morgan fingerprint density at radius 3 is 2.61 bits per heavy atom. The van der Waals surface area contributed by atoms with Gasteiger partial charge in [-0.25, -0.2) is 18.4 Å². The number of nitrogens with one attached hydrogen (secondary N) is 2. The van der Waals surface area contributed by atoms with Crippen LogP contribution in [0.1, 0.15) is 18.1 Å². The van der Waals surface area contributed by atoms with Crippen LogP contribution in [-0.4, -0.2) is 18.4 Å². The van der Waals surface area contributed by atoms with Crippen molar-refractivity contribution in [1.29, 1.82) is 0 Å². The summed E-state index contributed by atoms with van der Waals surface area (Å²) in [6.45, 7) is 8.71. The molecule has 0 unspecified atom stereocenters. The Hall–Kier alpha value is -2.12. The number of rotatable bonds is 5. The molecule has 1 aromatic heterocycles. The maximum Gasteiger partial charge on any atom is 0.261 e. The van der Waals surface area contributed by atoms with Gasteiger partial charge in [-0.2, -0.15) is 0 Å². The second-order valence-corrected chi connectivity index (χ2v) is 7.15. The molecule has 2 N–H and O–H groups in total. The third kappa shape index (κ3) is 4.20. The van der Waals surface area contributed by atoms with Crippen molar-refractivity contribution in [2.24, 2.45) is 0 Å². The first-order valence-corrected chi connectivity index (χ1v) is 8.60. The van der Waals surface area contributed by atoms with E-state index in [1.807, 2.05) is 6.92 Å². The minimum Gasteiger partial charge on any atom is -0.340 e. The number of nitrogens with zero attached hydrogens (tertiary/aromatic N) is 2. The van der Waals surface area contributed by atoms with E-state index < -0.39 is 10.0 Å². The summed E-state index contributed by atoms with van der Waals surface area (Å²) in [6.07, 6.45) is 1.59. The SMILES string of the molecule is C=C(C)NS(=O)(=O)c1cc(Nc2nc(Cl)ncc2C)ccc1C. The first-order chi connectivity index (χ1) is 10.7. The molecule has 0 fully saturated rings. The summed E-state index contributed by atoms with van der Waals surface area (Å²) in [6, 6.07) is 5.02. The van der Waals surface area contributed by atoms with Crippen molar-refractivity contribution < 1.29 is 8.42 Å². The van der Waals surface area contributed by atoms with Gasteiger partial charge in [-0.3, -0.25) is 4.72 Å². The van der Waals surface area contributed by atoms with Crippen LogP contribution in [0.25, 0.3) is 0 Å². The second-order valence-electron chi connectivity index (χ2n) is 5.16. The van der Waals surface area contributed by atoms with Crippen molar-refractivity contribution >= 4 is 33.1 Å². The van der Waals surface area contributed by atoms with E-state index in [1.165, 1.54) is 6.07 Å². The van der Waals surface area contributed by atoms with Crippen LogP contribution in [0.4, 0.5) is 11.5 Å². The maximum absolute atomic E-state index is 12.3. The molecule has 8 heteroatoms. The van der Waals surface area contributed by atoms with Crippen LogP contribution in [0, 0.1) is 13.8 Å². The fourth-order valence-corrected chi connectivity index (χ4v) is 3.41. The van der Waals surface area contributed by atoms with E-state index >= 15 is 0 Å². The minimum atomic E-state index is -3.67. The van der Waals surface area contributed by atoms with Crippen LogP contribution in [-0.2, 0) is 10.0 Å². The number of aromatic nitrogens is 2. The number of sulfonamides is 1. The Kier molecular flexibility index (Phi) is 4.91. The standard InChI is InChI=1S/C15H17ClN4O2S/c1-9(2)20-23(21,22)13-7-12(6-5-10(13)3)18-14-11(4)8-17-15(16)19-14/h5-8,20H,1H2,2-4H3,(H,17,18,19). The molecule has 0 aliphatic carbocycles. The molecule has 0 radical (unpaired) electrons. The van der Waals surface area contributed by atoms with Gasteiger partial charge in [-0.15, -0.1) is 0 Å². The van der Waals surface area contributed by atoms with Crippen LogP contribution in [0.5, 0.6) is 0 Å². The topological polar surface area (TPSA) is 84.0 Å². The van der Waals surface area contributed by atoms with Crippen molar-refractivity contribution in [1.82, 2.24) is 14.7 Å². The van der Waals surface area contributed by atoms with Crippen molar-refractivity contribution in [2.75, 3.05) is 5.32 Å². The first-order valence-electron chi connectivity index (χ1n) is 6.74. The fraction of sp³-hybridized carbons (Fsp3) is 0.200. The molecule has 0 aliphatic rings. The van der Waals surface area contributed by atoms with Crippen LogP contribution in [0.2, 0.25) is 5.28 Å². The normalized spacial score (nSPS) is 11.1. The van der Waals surface area contributed by atoms with E-state index in [0.717, 1.165) is 5.56 Å². The fourth-order valence-electron chi connectivity index (χ4n) is 1.94. The summed E-state index contributed by atoms with van der Waals surface area (Å²) >= 11 is 5.79. The Bertz CT molecular complexity index is 866. The molecular weight excluding hydrogens is 336 g/mol. The number of aryl methyl sites for hydroxylation is 2. The smallest absolute Gasteiger partial charge is 0.261 e. The van der Waals surface area contributed by atoms with Gasteiger partial charge in [0.15, 0.2) is 0 Å². The monoisotopic (exact) mass is 352 g/mol. The molecule has 0 aliphatic heterocycles. The van der Waals surface area contributed by atoms with E-state index in [-0.39, 0.29) is 10.2 Å². The molecule has 23 heavy (non-hydrogen) atoms. The average Bonchev–Trinajstić information content (AvgIpc) is 2.43. The molecule has 122 valence electrons. The van der Waals surface area contributed by atoms with Crippen molar-refractivity contribution in [3.8, 4) is 0 Å². The summed E-state index contributed by atoms with van der Waals surface area (Å²) in [5.41, 5.74) is 2.35. The largest absolute Gasteiger partial charge is 0.340 e. The molecule has 0 saturated carbocycles. The van der Waals surface area contributed by atoms with Gasteiger partial charge < -0.3 is 5.32 Å². The molecule has 0 saturated heterocycles. The zero-order chi connectivity index (χ0) is 17.2. The van der Waals surface area contributed by atoms with Gasteiger partial charge in [0.05, 0.1) is 4.90 Å². The number of benzene rings is 1. The molecule has 1 aromatic carbocycles. The van der Waals surface area contributed by atoms with Crippen LogP contribution < -0.4 is 10.0 Å². The highest BCUT2D eigenvalue weighted by molar-refractivity contribution is 7.89. The lowest BCUT2D eigenvalue weighted by Crippen LogP contribution is -2.22.